The average Bonchev–Trinajstić information content (AvgIpc) is 2.96. The number of aromatic amines is 1. The van der Waals surface area contributed by atoms with Crippen LogP contribution in [-0.4, -0.2) is 68.3 Å². The molecule has 3 heterocycles. The van der Waals surface area contributed by atoms with Crippen LogP contribution in [0.3, 0.4) is 0 Å². The first-order valence-corrected chi connectivity index (χ1v) is 8.03. The van der Waals surface area contributed by atoms with E-state index in [2.05, 4.69) is 15.0 Å². The van der Waals surface area contributed by atoms with Crippen LogP contribution in [0.1, 0.15) is 20.8 Å². The minimum absolute atomic E-state index is 0.0225. The minimum atomic E-state index is -1.03. The molecule has 1 amide bonds. The molecule has 1 saturated heterocycles. The number of anilines is 1. The van der Waals surface area contributed by atoms with Crippen LogP contribution in [-0.2, 0) is 9.53 Å². The third-order valence-corrected chi connectivity index (χ3v) is 3.83. The topological polar surface area (TPSA) is 112 Å². The Balaban J connectivity index is 1.80. The van der Waals surface area contributed by atoms with Crippen LogP contribution in [0, 0.1) is 0 Å². The van der Waals surface area contributed by atoms with E-state index in [1.165, 1.54) is 4.90 Å². The first-order chi connectivity index (χ1) is 11.7. The zero-order valence-corrected chi connectivity index (χ0v) is 14.4. The molecule has 1 fully saturated rings. The van der Waals surface area contributed by atoms with Crippen LogP contribution < -0.4 is 4.90 Å². The second-order valence-corrected chi connectivity index (χ2v) is 6.91. The Morgan fingerprint density at radius 2 is 2.12 bits per heavy atom. The summed E-state index contributed by atoms with van der Waals surface area (Å²) >= 11 is 0. The van der Waals surface area contributed by atoms with Crippen molar-refractivity contribution in [3.8, 4) is 0 Å². The highest BCUT2D eigenvalue weighted by atomic mass is 16.6. The van der Waals surface area contributed by atoms with Gasteiger partial charge in [-0.1, -0.05) is 0 Å². The number of carbonyl (C=O) groups is 2. The second kappa shape index (κ2) is 6.23. The average molecular weight is 347 g/mol. The maximum atomic E-state index is 12.2. The quantitative estimate of drug-likeness (QED) is 0.846. The predicted octanol–water partition coefficient (Wildman–Crippen LogP) is 1.47. The van der Waals surface area contributed by atoms with E-state index in [0.717, 1.165) is 5.52 Å². The highest BCUT2D eigenvalue weighted by Crippen LogP contribution is 2.22. The Kier molecular flexibility index (Phi) is 4.23. The fourth-order valence-electron chi connectivity index (χ4n) is 2.71. The molecule has 1 atom stereocenters. The number of pyridine rings is 1. The van der Waals surface area contributed by atoms with Gasteiger partial charge in [-0.25, -0.2) is 14.6 Å². The number of carbonyl (C=O) groups excluding carboxylic acids is 1. The molecule has 1 aliphatic heterocycles. The van der Waals surface area contributed by atoms with Gasteiger partial charge in [0.2, 0.25) is 5.95 Å². The molecule has 0 radical (unpaired) electrons. The molecule has 2 aromatic heterocycles. The molecule has 0 saturated carbocycles. The van der Waals surface area contributed by atoms with E-state index in [4.69, 9.17) is 4.74 Å². The molecule has 0 aromatic carbocycles. The van der Waals surface area contributed by atoms with Gasteiger partial charge in [0.25, 0.3) is 0 Å². The Morgan fingerprint density at radius 1 is 1.36 bits per heavy atom. The number of nitrogens with one attached hydrogen (secondary N) is 1. The lowest BCUT2D eigenvalue weighted by Gasteiger charge is -2.39. The molecule has 25 heavy (non-hydrogen) atoms. The maximum Gasteiger partial charge on any atom is 0.410 e. The van der Waals surface area contributed by atoms with Crippen LogP contribution >= 0.6 is 0 Å². The number of carboxylic acid groups (broad SMARTS) is 1. The van der Waals surface area contributed by atoms with Crippen molar-refractivity contribution < 1.29 is 19.4 Å². The van der Waals surface area contributed by atoms with Crippen molar-refractivity contribution in [2.24, 2.45) is 0 Å². The van der Waals surface area contributed by atoms with Gasteiger partial charge in [0.05, 0.1) is 12.1 Å². The highest BCUT2D eigenvalue weighted by molar-refractivity contribution is 5.81. The summed E-state index contributed by atoms with van der Waals surface area (Å²) in [6.45, 7) is 6.03. The summed E-state index contributed by atoms with van der Waals surface area (Å²) in [6, 6.07) is 2.69. The Hall–Kier alpha value is -2.84. The SMILES string of the molecule is CC(C)(C)OC(=O)N1CCN(c2nc3ncccc3[nH]2)[C@H](C(=O)O)C1. The Morgan fingerprint density at radius 3 is 2.76 bits per heavy atom. The molecule has 0 bridgehead atoms. The Labute approximate surface area is 144 Å². The lowest BCUT2D eigenvalue weighted by Crippen LogP contribution is -2.58. The molecule has 9 heteroatoms. The summed E-state index contributed by atoms with van der Waals surface area (Å²) in [5.74, 6) is -0.591. The van der Waals surface area contributed by atoms with Gasteiger partial charge < -0.3 is 24.6 Å². The number of aliphatic carboxylic acids is 1. The van der Waals surface area contributed by atoms with Gasteiger partial charge in [0.1, 0.15) is 11.6 Å². The third kappa shape index (κ3) is 3.65. The summed E-state index contributed by atoms with van der Waals surface area (Å²) in [5.41, 5.74) is 0.629. The van der Waals surface area contributed by atoms with E-state index in [9.17, 15) is 14.7 Å². The summed E-state index contributed by atoms with van der Waals surface area (Å²) in [4.78, 5) is 38.6. The minimum Gasteiger partial charge on any atom is -0.480 e. The second-order valence-electron chi connectivity index (χ2n) is 6.91. The van der Waals surface area contributed by atoms with Crippen molar-refractivity contribution in [2.75, 3.05) is 24.5 Å². The smallest absolute Gasteiger partial charge is 0.410 e. The molecule has 0 unspecified atom stereocenters. The number of amides is 1. The largest absolute Gasteiger partial charge is 0.480 e. The van der Waals surface area contributed by atoms with Gasteiger partial charge in [0, 0.05) is 19.3 Å². The number of nitrogens with zero attached hydrogens (tertiary/aromatic N) is 4. The number of aromatic nitrogens is 3. The van der Waals surface area contributed by atoms with Crippen molar-refractivity contribution in [3.63, 3.8) is 0 Å². The zero-order valence-electron chi connectivity index (χ0n) is 14.4. The highest BCUT2D eigenvalue weighted by Gasteiger charge is 2.37. The van der Waals surface area contributed by atoms with E-state index in [-0.39, 0.29) is 6.54 Å². The number of ether oxygens (including phenoxy) is 1. The number of fused-ring (bicyclic) bond motifs is 1. The number of piperazine rings is 1. The van der Waals surface area contributed by atoms with Crippen LogP contribution in [0.5, 0.6) is 0 Å². The number of hydrogen-bond acceptors (Lipinski definition) is 6. The van der Waals surface area contributed by atoms with E-state index < -0.39 is 23.7 Å². The lowest BCUT2D eigenvalue weighted by atomic mass is 10.1. The zero-order chi connectivity index (χ0) is 18.2. The molecular weight excluding hydrogens is 326 g/mol. The van der Waals surface area contributed by atoms with Gasteiger partial charge >= 0.3 is 12.1 Å². The predicted molar refractivity (Wildman–Crippen MR) is 90.5 cm³/mol. The monoisotopic (exact) mass is 347 g/mol. The van der Waals surface area contributed by atoms with Crippen LogP contribution in [0.2, 0.25) is 0 Å². The van der Waals surface area contributed by atoms with E-state index in [1.807, 2.05) is 6.07 Å². The lowest BCUT2D eigenvalue weighted by molar-refractivity contribution is -0.139. The third-order valence-electron chi connectivity index (χ3n) is 3.83. The standard InChI is InChI=1S/C16H21N5O4/c1-16(2,3)25-15(24)20-7-8-21(11(9-20)13(22)23)14-18-10-5-4-6-17-12(10)19-14/h4-6,11H,7-9H2,1-3H3,(H,22,23)(H,17,18,19)/t11-/m0/s1. The van der Waals surface area contributed by atoms with Crippen molar-refractivity contribution >= 4 is 29.2 Å². The molecule has 3 rings (SSSR count). The summed E-state index contributed by atoms with van der Waals surface area (Å²) in [6.07, 6.45) is 1.12. The molecule has 2 N–H and O–H groups in total. The van der Waals surface area contributed by atoms with Crippen LogP contribution in [0.15, 0.2) is 18.3 Å². The molecule has 0 spiro atoms. The number of rotatable bonds is 2. The van der Waals surface area contributed by atoms with E-state index in [0.29, 0.717) is 24.7 Å². The van der Waals surface area contributed by atoms with Gasteiger partial charge in [0.15, 0.2) is 5.65 Å². The number of H-pyrrole nitrogens is 1. The molecular formula is C16H21N5O4. The van der Waals surface area contributed by atoms with Crippen LogP contribution in [0.25, 0.3) is 11.2 Å². The van der Waals surface area contributed by atoms with Gasteiger partial charge in [-0.2, -0.15) is 4.98 Å². The fourth-order valence-corrected chi connectivity index (χ4v) is 2.71. The number of imidazole rings is 1. The molecule has 1 aliphatic rings. The first-order valence-electron chi connectivity index (χ1n) is 8.03. The van der Waals surface area contributed by atoms with Crippen molar-refractivity contribution in [1.82, 2.24) is 19.9 Å². The Bertz CT molecular complexity index is 764. The van der Waals surface area contributed by atoms with Gasteiger partial charge in [-0.05, 0) is 32.9 Å². The summed E-state index contributed by atoms with van der Waals surface area (Å²) in [7, 11) is 0. The fraction of sp³-hybridized carbons (Fsp3) is 0.500. The maximum absolute atomic E-state index is 12.2. The first kappa shape index (κ1) is 17.0. The van der Waals surface area contributed by atoms with E-state index >= 15 is 0 Å². The molecule has 9 nitrogen and oxygen atoms in total. The van der Waals surface area contributed by atoms with Crippen LogP contribution in [0.4, 0.5) is 10.7 Å². The summed E-state index contributed by atoms with van der Waals surface area (Å²) in [5, 5.41) is 9.60. The van der Waals surface area contributed by atoms with Gasteiger partial charge in [-0.3, -0.25) is 0 Å². The van der Waals surface area contributed by atoms with E-state index in [1.54, 1.807) is 37.9 Å². The molecule has 2 aromatic rings. The molecule has 134 valence electrons. The molecule has 0 aliphatic carbocycles. The number of hydrogen-bond donors (Lipinski definition) is 2. The van der Waals surface area contributed by atoms with Gasteiger partial charge in [-0.15, -0.1) is 0 Å². The van der Waals surface area contributed by atoms with Crippen molar-refractivity contribution in [3.05, 3.63) is 18.3 Å². The number of carboxylic acids is 1. The van der Waals surface area contributed by atoms with Crippen molar-refractivity contribution in [2.45, 2.75) is 32.4 Å². The summed E-state index contributed by atoms with van der Waals surface area (Å²) < 4.78 is 5.34. The normalized spacial score (nSPS) is 18.4. The van der Waals surface area contributed by atoms with Crippen molar-refractivity contribution in [1.29, 1.82) is 0 Å².